The fourth-order valence-electron chi connectivity index (χ4n) is 1.75. The molecule has 0 fully saturated rings. The van der Waals surface area contributed by atoms with E-state index >= 15 is 0 Å². The Bertz CT molecular complexity index is 726. The van der Waals surface area contributed by atoms with Crippen LogP contribution in [0.2, 0.25) is 0 Å². The molecule has 0 amide bonds. The summed E-state index contributed by atoms with van der Waals surface area (Å²) >= 11 is 0. The minimum absolute atomic E-state index is 0.0584. The fourth-order valence-corrected chi connectivity index (χ4v) is 1.75. The quantitative estimate of drug-likeness (QED) is 0.353. The van der Waals surface area contributed by atoms with Crippen LogP contribution in [0, 0.1) is 10.1 Å². The zero-order valence-corrected chi connectivity index (χ0v) is 12.3. The largest absolute Gasteiger partial charge is 0.494 e. The summed E-state index contributed by atoms with van der Waals surface area (Å²) in [5.74, 6) is -0.0332. The summed E-state index contributed by atoms with van der Waals surface area (Å²) in [7, 11) is 0. The lowest BCUT2D eigenvalue weighted by Crippen LogP contribution is -2.02. The van der Waals surface area contributed by atoms with E-state index in [1.807, 2.05) is 6.92 Å². The SMILES string of the molecule is CCOc1ccc(C=NOC(=O)c2cccc([N+](=O)[O-])c2)cc1. The lowest BCUT2D eigenvalue weighted by atomic mass is 10.2. The summed E-state index contributed by atoms with van der Waals surface area (Å²) in [6.45, 7) is 2.47. The second-order valence-electron chi connectivity index (χ2n) is 4.42. The summed E-state index contributed by atoms with van der Waals surface area (Å²) in [5.41, 5.74) is 0.596. The number of carbonyl (C=O) groups excluding carboxylic acids is 1. The Kier molecular flexibility index (Phi) is 5.40. The number of carbonyl (C=O) groups is 1. The van der Waals surface area contributed by atoms with Crippen LogP contribution in [0.15, 0.2) is 53.7 Å². The van der Waals surface area contributed by atoms with Crippen molar-refractivity contribution in [3.05, 3.63) is 69.8 Å². The number of hydrogen-bond donors (Lipinski definition) is 0. The highest BCUT2D eigenvalue weighted by atomic mass is 16.7. The van der Waals surface area contributed by atoms with Crippen molar-refractivity contribution < 1.29 is 19.3 Å². The first-order chi connectivity index (χ1) is 11.1. The lowest BCUT2D eigenvalue weighted by Gasteiger charge is -2.02. The number of nitrogens with zero attached hydrogens (tertiary/aromatic N) is 2. The van der Waals surface area contributed by atoms with Crippen LogP contribution in [0.25, 0.3) is 0 Å². The molecule has 0 heterocycles. The molecule has 0 N–H and O–H groups in total. The molecule has 0 saturated carbocycles. The number of nitro benzene ring substituents is 1. The molecular formula is C16H14N2O5. The maximum absolute atomic E-state index is 11.8. The van der Waals surface area contributed by atoms with Crippen molar-refractivity contribution >= 4 is 17.9 Å². The maximum atomic E-state index is 11.8. The lowest BCUT2D eigenvalue weighted by molar-refractivity contribution is -0.384. The second-order valence-corrected chi connectivity index (χ2v) is 4.42. The third kappa shape index (κ3) is 4.63. The molecule has 0 spiro atoms. The number of benzene rings is 2. The molecular weight excluding hydrogens is 300 g/mol. The Morgan fingerprint density at radius 2 is 2.00 bits per heavy atom. The van der Waals surface area contributed by atoms with E-state index in [1.54, 1.807) is 24.3 Å². The number of oxime groups is 1. The van der Waals surface area contributed by atoms with Crippen LogP contribution in [0.5, 0.6) is 5.75 Å². The monoisotopic (exact) mass is 314 g/mol. The first-order valence-electron chi connectivity index (χ1n) is 6.82. The van der Waals surface area contributed by atoms with Gasteiger partial charge in [-0.15, -0.1) is 0 Å². The zero-order chi connectivity index (χ0) is 16.7. The summed E-state index contributed by atoms with van der Waals surface area (Å²) < 4.78 is 5.31. The standard InChI is InChI=1S/C16H14N2O5/c1-2-22-15-8-6-12(7-9-15)11-17-23-16(19)13-4-3-5-14(10-13)18(20)21/h3-11H,2H2,1H3. The van der Waals surface area contributed by atoms with Crippen molar-refractivity contribution in [3.8, 4) is 5.75 Å². The van der Waals surface area contributed by atoms with Crippen molar-refractivity contribution in [3.63, 3.8) is 0 Å². The van der Waals surface area contributed by atoms with Gasteiger partial charge in [0.2, 0.25) is 0 Å². The van der Waals surface area contributed by atoms with Gasteiger partial charge < -0.3 is 9.57 Å². The van der Waals surface area contributed by atoms with Crippen molar-refractivity contribution in [2.24, 2.45) is 5.16 Å². The molecule has 0 unspecified atom stereocenters. The predicted octanol–water partition coefficient (Wildman–Crippen LogP) is 3.18. The van der Waals surface area contributed by atoms with Gasteiger partial charge >= 0.3 is 5.97 Å². The highest BCUT2D eigenvalue weighted by molar-refractivity contribution is 5.90. The van der Waals surface area contributed by atoms with Gasteiger partial charge in [0, 0.05) is 12.1 Å². The van der Waals surface area contributed by atoms with E-state index < -0.39 is 10.9 Å². The van der Waals surface area contributed by atoms with E-state index in [0.29, 0.717) is 6.61 Å². The number of nitro groups is 1. The van der Waals surface area contributed by atoms with E-state index in [-0.39, 0.29) is 11.3 Å². The van der Waals surface area contributed by atoms with Gasteiger partial charge in [-0.2, -0.15) is 0 Å². The highest BCUT2D eigenvalue weighted by Crippen LogP contribution is 2.14. The fraction of sp³-hybridized carbons (Fsp3) is 0.125. The van der Waals surface area contributed by atoms with Gasteiger partial charge in [0.05, 0.1) is 23.3 Å². The van der Waals surface area contributed by atoms with Crippen LogP contribution in [0.3, 0.4) is 0 Å². The first-order valence-corrected chi connectivity index (χ1v) is 6.82. The van der Waals surface area contributed by atoms with E-state index in [0.717, 1.165) is 17.4 Å². The van der Waals surface area contributed by atoms with Gasteiger partial charge in [-0.3, -0.25) is 10.1 Å². The first kappa shape index (κ1) is 16.2. The van der Waals surface area contributed by atoms with Crippen LogP contribution in [0.4, 0.5) is 5.69 Å². The van der Waals surface area contributed by atoms with Crippen LogP contribution < -0.4 is 4.74 Å². The van der Waals surface area contributed by atoms with Gasteiger partial charge in [0.1, 0.15) is 5.75 Å². The molecule has 2 rings (SSSR count). The number of hydrogen-bond acceptors (Lipinski definition) is 6. The maximum Gasteiger partial charge on any atom is 0.365 e. The van der Waals surface area contributed by atoms with Crippen molar-refractivity contribution in [1.82, 2.24) is 0 Å². The van der Waals surface area contributed by atoms with Crippen molar-refractivity contribution in [2.75, 3.05) is 6.61 Å². The molecule has 0 saturated heterocycles. The normalized spacial score (nSPS) is 10.5. The minimum atomic E-state index is -0.768. The van der Waals surface area contributed by atoms with E-state index in [4.69, 9.17) is 9.57 Å². The molecule has 2 aromatic rings. The Balaban J connectivity index is 1.98. The molecule has 0 aromatic heterocycles. The molecule has 0 bridgehead atoms. The van der Waals surface area contributed by atoms with Crippen LogP contribution >= 0.6 is 0 Å². The van der Waals surface area contributed by atoms with E-state index in [1.165, 1.54) is 24.4 Å². The molecule has 0 aliphatic rings. The predicted molar refractivity (Wildman–Crippen MR) is 83.7 cm³/mol. The van der Waals surface area contributed by atoms with Gasteiger partial charge in [-0.05, 0) is 42.8 Å². The molecule has 118 valence electrons. The summed E-state index contributed by atoms with van der Waals surface area (Å²) in [6, 6.07) is 12.3. The van der Waals surface area contributed by atoms with Crippen LogP contribution in [-0.4, -0.2) is 23.7 Å². The van der Waals surface area contributed by atoms with Gasteiger partial charge in [0.25, 0.3) is 5.69 Å². The molecule has 0 atom stereocenters. The zero-order valence-electron chi connectivity index (χ0n) is 12.3. The molecule has 0 radical (unpaired) electrons. The third-order valence-electron chi connectivity index (χ3n) is 2.82. The Morgan fingerprint density at radius 1 is 1.26 bits per heavy atom. The van der Waals surface area contributed by atoms with E-state index in [9.17, 15) is 14.9 Å². The summed E-state index contributed by atoms with van der Waals surface area (Å²) in [6.07, 6.45) is 1.37. The topological polar surface area (TPSA) is 91.0 Å². The van der Waals surface area contributed by atoms with Crippen LogP contribution in [0.1, 0.15) is 22.8 Å². The van der Waals surface area contributed by atoms with Crippen molar-refractivity contribution in [2.45, 2.75) is 6.92 Å². The van der Waals surface area contributed by atoms with Gasteiger partial charge in [0.15, 0.2) is 0 Å². The number of non-ortho nitro benzene ring substituents is 1. The molecule has 2 aromatic carbocycles. The number of ether oxygens (including phenoxy) is 1. The van der Waals surface area contributed by atoms with Gasteiger partial charge in [-0.1, -0.05) is 11.2 Å². The summed E-state index contributed by atoms with van der Waals surface area (Å²) in [5, 5.41) is 14.2. The smallest absolute Gasteiger partial charge is 0.365 e. The Hall–Kier alpha value is -3.22. The van der Waals surface area contributed by atoms with Gasteiger partial charge in [-0.25, -0.2) is 4.79 Å². The van der Waals surface area contributed by atoms with Crippen molar-refractivity contribution in [1.29, 1.82) is 0 Å². The minimum Gasteiger partial charge on any atom is -0.494 e. The Morgan fingerprint density at radius 3 is 2.65 bits per heavy atom. The molecule has 23 heavy (non-hydrogen) atoms. The highest BCUT2D eigenvalue weighted by Gasteiger charge is 2.12. The van der Waals surface area contributed by atoms with E-state index in [2.05, 4.69) is 5.16 Å². The summed E-state index contributed by atoms with van der Waals surface area (Å²) in [4.78, 5) is 26.6. The average Bonchev–Trinajstić information content (AvgIpc) is 2.56. The Labute approximate surface area is 132 Å². The molecule has 0 aliphatic carbocycles. The second kappa shape index (κ2) is 7.69. The molecule has 7 nitrogen and oxygen atoms in total. The third-order valence-corrected chi connectivity index (χ3v) is 2.82. The molecule has 7 heteroatoms. The van der Waals surface area contributed by atoms with Crippen LogP contribution in [-0.2, 0) is 4.84 Å². The number of rotatable bonds is 6. The average molecular weight is 314 g/mol. The molecule has 0 aliphatic heterocycles.